The largest absolute Gasteiger partial charge is 0.488 e. The normalized spacial score (nSPS) is 10.7. The van der Waals surface area contributed by atoms with Gasteiger partial charge in [-0.1, -0.05) is 6.07 Å². The summed E-state index contributed by atoms with van der Waals surface area (Å²) in [5.41, 5.74) is 3.46. The zero-order chi connectivity index (χ0) is 11.3. The maximum absolute atomic E-state index is 13.4. The molecule has 0 fully saturated rings. The SMILES string of the molecule is CONCc1ccc(OC(C)C)c(F)c1. The molecule has 0 aromatic heterocycles. The minimum atomic E-state index is -0.348. The van der Waals surface area contributed by atoms with Crippen molar-refractivity contribution in [3.05, 3.63) is 29.6 Å². The van der Waals surface area contributed by atoms with Gasteiger partial charge in [-0.25, -0.2) is 4.39 Å². The number of rotatable bonds is 5. The van der Waals surface area contributed by atoms with Gasteiger partial charge in [0.25, 0.3) is 0 Å². The molecule has 0 saturated carbocycles. The van der Waals surface area contributed by atoms with Crippen LogP contribution in [-0.2, 0) is 11.4 Å². The van der Waals surface area contributed by atoms with E-state index < -0.39 is 0 Å². The van der Waals surface area contributed by atoms with Crippen LogP contribution in [-0.4, -0.2) is 13.2 Å². The third kappa shape index (κ3) is 3.85. The molecule has 1 aromatic rings. The van der Waals surface area contributed by atoms with Crippen LogP contribution in [0, 0.1) is 5.82 Å². The lowest BCUT2D eigenvalue weighted by Gasteiger charge is -2.11. The molecule has 0 aliphatic heterocycles. The van der Waals surface area contributed by atoms with E-state index in [-0.39, 0.29) is 17.7 Å². The quantitative estimate of drug-likeness (QED) is 0.761. The molecule has 0 amide bonds. The summed E-state index contributed by atoms with van der Waals surface area (Å²) in [6.07, 6.45) is -0.0255. The second-order valence-electron chi connectivity index (χ2n) is 3.46. The van der Waals surface area contributed by atoms with Gasteiger partial charge in [0.2, 0.25) is 0 Å². The van der Waals surface area contributed by atoms with E-state index in [1.54, 1.807) is 12.1 Å². The van der Waals surface area contributed by atoms with E-state index in [1.807, 2.05) is 13.8 Å². The monoisotopic (exact) mass is 213 g/mol. The third-order valence-corrected chi connectivity index (χ3v) is 1.78. The Morgan fingerprint density at radius 1 is 1.40 bits per heavy atom. The fourth-order valence-electron chi connectivity index (χ4n) is 1.16. The summed E-state index contributed by atoms with van der Waals surface area (Å²) in [5, 5.41) is 0. The van der Waals surface area contributed by atoms with E-state index in [2.05, 4.69) is 10.3 Å². The fourth-order valence-corrected chi connectivity index (χ4v) is 1.16. The van der Waals surface area contributed by atoms with E-state index >= 15 is 0 Å². The van der Waals surface area contributed by atoms with Crippen molar-refractivity contribution in [3.63, 3.8) is 0 Å². The predicted molar refractivity (Wildman–Crippen MR) is 56.0 cm³/mol. The number of nitrogens with one attached hydrogen (secondary N) is 1. The van der Waals surface area contributed by atoms with Crippen LogP contribution in [0.1, 0.15) is 19.4 Å². The van der Waals surface area contributed by atoms with E-state index in [0.29, 0.717) is 6.54 Å². The van der Waals surface area contributed by atoms with Crippen molar-refractivity contribution in [2.24, 2.45) is 0 Å². The van der Waals surface area contributed by atoms with Gasteiger partial charge in [-0.05, 0) is 31.5 Å². The average molecular weight is 213 g/mol. The second-order valence-corrected chi connectivity index (χ2v) is 3.46. The lowest BCUT2D eigenvalue weighted by Crippen LogP contribution is -2.11. The summed E-state index contributed by atoms with van der Waals surface area (Å²) in [5.74, 6) is -0.0646. The summed E-state index contributed by atoms with van der Waals surface area (Å²) < 4.78 is 18.7. The van der Waals surface area contributed by atoms with E-state index in [4.69, 9.17) is 4.74 Å². The zero-order valence-electron chi connectivity index (χ0n) is 9.21. The molecule has 15 heavy (non-hydrogen) atoms. The van der Waals surface area contributed by atoms with E-state index in [9.17, 15) is 4.39 Å². The molecule has 0 aliphatic carbocycles. The number of hydrogen-bond donors (Lipinski definition) is 1. The van der Waals surface area contributed by atoms with Crippen LogP contribution >= 0.6 is 0 Å². The van der Waals surface area contributed by atoms with Crippen LogP contribution in [0.3, 0.4) is 0 Å². The molecule has 0 unspecified atom stereocenters. The van der Waals surface area contributed by atoms with Gasteiger partial charge in [0.15, 0.2) is 11.6 Å². The Labute approximate surface area is 89.2 Å². The first-order chi connectivity index (χ1) is 7.13. The Morgan fingerprint density at radius 3 is 2.67 bits per heavy atom. The van der Waals surface area contributed by atoms with Gasteiger partial charge in [-0.2, -0.15) is 5.48 Å². The second kappa shape index (κ2) is 5.68. The van der Waals surface area contributed by atoms with Gasteiger partial charge in [0.05, 0.1) is 13.2 Å². The first kappa shape index (κ1) is 11.9. The highest BCUT2D eigenvalue weighted by molar-refractivity contribution is 5.29. The molecule has 1 aromatic carbocycles. The molecule has 4 heteroatoms. The van der Waals surface area contributed by atoms with Gasteiger partial charge in [0, 0.05) is 6.54 Å². The molecular formula is C11H16FNO2. The third-order valence-electron chi connectivity index (χ3n) is 1.78. The molecule has 0 atom stereocenters. The molecule has 0 saturated heterocycles. The Balaban J connectivity index is 2.70. The number of hydroxylamine groups is 1. The van der Waals surface area contributed by atoms with E-state index in [0.717, 1.165) is 5.56 Å². The molecule has 1 N–H and O–H groups in total. The molecule has 3 nitrogen and oxygen atoms in total. The lowest BCUT2D eigenvalue weighted by atomic mass is 10.2. The Bertz CT molecular complexity index is 315. The summed E-state index contributed by atoms with van der Waals surface area (Å²) in [7, 11) is 1.52. The van der Waals surface area contributed by atoms with Crippen molar-refractivity contribution in [1.29, 1.82) is 0 Å². The summed E-state index contributed by atoms with van der Waals surface area (Å²) in [6.45, 7) is 4.19. The highest BCUT2D eigenvalue weighted by atomic mass is 19.1. The van der Waals surface area contributed by atoms with Crippen LogP contribution in [0.4, 0.5) is 4.39 Å². The van der Waals surface area contributed by atoms with Crippen molar-refractivity contribution < 1.29 is 14.0 Å². The van der Waals surface area contributed by atoms with Gasteiger partial charge in [-0.15, -0.1) is 0 Å². The lowest BCUT2D eigenvalue weighted by molar-refractivity contribution is 0.0866. The molecule has 0 heterocycles. The summed E-state index contributed by atoms with van der Waals surface area (Å²) in [6, 6.07) is 4.86. The topological polar surface area (TPSA) is 30.5 Å². The zero-order valence-corrected chi connectivity index (χ0v) is 9.21. The highest BCUT2D eigenvalue weighted by Crippen LogP contribution is 2.19. The highest BCUT2D eigenvalue weighted by Gasteiger charge is 2.06. The first-order valence-electron chi connectivity index (χ1n) is 4.84. The number of ether oxygens (including phenoxy) is 1. The van der Waals surface area contributed by atoms with Crippen molar-refractivity contribution in [1.82, 2.24) is 5.48 Å². The standard InChI is InChI=1S/C11H16FNO2/c1-8(2)15-11-5-4-9(6-10(11)12)7-13-14-3/h4-6,8,13H,7H2,1-3H3. The van der Waals surface area contributed by atoms with Crippen molar-refractivity contribution in [3.8, 4) is 5.75 Å². The maximum atomic E-state index is 13.4. The number of hydrogen-bond acceptors (Lipinski definition) is 3. The van der Waals surface area contributed by atoms with E-state index in [1.165, 1.54) is 13.2 Å². The molecule has 84 valence electrons. The minimum Gasteiger partial charge on any atom is -0.488 e. The number of halogens is 1. The van der Waals surface area contributed by atoms with Crippen molar-refractivity contribution in [2.75, 3.05) is 7.11 Å². The molecule has 0 aliphatic rings. The van der Waals surface area contributed by atoms with Crippen molar-refractivity contribution in [2.45, 2.75) is 26.5 Å². The van der Waals surface area contributed by atoms with Crippen molar-refractivity contribution >= 4 is 0 Å². The molecular weight excluding hydrogens is 197 g/mol. The van der Waals surface area contributed by atoms with Crippen LogP contribution in [0.2, 0.25) is 0 Å². The fraction of sp³-hybridized carbons (Fsp3) is 0.455. The summed E-state index contributed by atoms with van der Waals surface area (Å²) in [4.78, 5) is 4.68. The van der Waals surface area contributed by atoms with Gasteiger partial charge in [0.1, 0.15) is 0 Å². The predicted octanol–water partition coefficient (Wildman–Crippen LogP) is 2.26. The van der Waals surface area contributed by atoms with Gasteiger partial charge >= 0.3 is 0 Å². The molecule has 0 radical (unpaired) electrons. The van der Waals surface area contributed by atoms with Crippen LogP contribution < -0.4 is 10.2 Å². The Kier molecular flexibility index (Phi) is 4.52. The minimum absolute atomic E-state index is 0.0255. The molecule has 0 bridgehead atoms. The Hall–Kier alpha value is -1.13. The van der Waals surface area contributed by atoms with Crippen LogP contribution in [0.15, 0.2) is 18.2 Å². The van der Waals surface area contributed by atoms with Crippen LogP contribution in [0.5, 0.6) is 5.75 Å². The molecule has 0 spiro atoms. The Morgan fingerprint density at radius 2 is 2.13 bits per heavy atom. The maximum Gasteiger partial charge on any atom is 0.165 e. The summed E-state index contributed by atoms with van der Waals surface area (Å²) >= 11 is 0. The smallest absolute Gasteiger partial charge is 0.165 e. The first-order valence-corrected chi connectivity index (χ1v) is 4.84. The van der Waals surface area contributed by atoms with Gasteiger partial charge < -0.3 is 9.57 Å². The number of benzene rings is 1. The van der Waals surface area contributed by atoms with Crippen LogP contribution in [0.25, 0.3) is 0 Å². The average Bonchev–Trinajstić information content (AvgIpc) is 2.18. The molecule has 1 rings (SSSR count). The van der Waals surface area contributed by atoms with Gasteiger partial charge in [-0.3, -0.25) is 0 Å².